The maximum Gasteiger partial charge on any atom is 0.156 e. The first-order chi connectivity index (χ1) is 10.1. The summed E-state index contributed by atoms with van der Waals surface area (Å²) in [5.74, 6) is 0.486. The Morgan fingerprint density at radius 2 is 1.81 bits per heavy atom. The monoisotopic (exact) mass is 327 g/mol. The summed E-state index contributed by atoms with van der Waals surface area (Å²) in [6, 6.07) is 5.59. The first-order valence-corrected chi connectivity index (χ1v) is 7.76. The highest BCUT2D eigenvalue weighted by atomic mass is 35.5. The van der Waals surface area contributed by atoms with Crippen molar-refractivity contribution >= 4 is 23.2 Å². The fourth-order valence-electron chi connectivity index (χ4n) is 2.47. The number of halogens is 2. The minimum atomic E-state index is -0.329. The van der Waals surface area contributed by atoms with Crippen LogP contribution in [0.4, 0.5) is 0 Å². The number of nitrogens with zero attached hydrogens (tertiary/aromatic N) is 3. The van der Waals surface area contributed by atoms with Crippen LogP contribution in [-0.2, 0) is 0 Å². The molecule has 21 heavy (non-hydrogen) atoms. The van der Waals surface area contributed by atoms with E-state index in [1.807, 2.05) is 6.92 Å². The quantitative estimate of drug-likeness (QED) is 0.851. The summed E-state index contributed by atoms with van der Waals surface area (Å²) in [5.41, 5.74) is 0.820. The molecule has 1 saturated heterocycles. The van der Waals surface area contributed by atoms with E-state index in [1.54, 1.807) is 12.1 Å². The molecule has 1 aromatic carbocycles. The van der Waals surface area contributed by atoms with Crippen molar-refractivity contribution in [3.63, 3.8) is 0 Å². The summed E-state index contributed by atoms with van der Waals surface area (Å²) >= 11 is 12.5. The Balaban J connectivity index is 2.25. The Kier molecular flexibility index (Phi) is 5.72. The third-order valence-corrected chi connectivity index (χ3v) is 4.21. The molecule has 1 aliphatic heterocycles. The van der Waals surface area contributed by atoms with Gasteiger partial charge in [0.1, 0.15) is 6.04 Å². The van der Waals surface area contributed by atoms with Crippen LogP contribution in [0.25, 0.3) is 0 Å². The summed E-state index contributed by atoms with van der Waals surface area (Å²) in [6.07, 6.45) is 0. The lowest BCUT2D eigenvalue weighted by Crippen LogP contribution is -2.45. The Morgan fingerprint density at radius 1 is 1.24 bits per heavy atom. The van der Waals surface area contributed by atoms with Gasteiger partial charge in [0.15, 0.2) is 5.75 Å². The lowest BCUT2D eigenvalue weighted by Gasteiger charge is -2.35. The molecule has 0 spiro atoms. The zero-order chi connectivity index (χ0) is 15.4. The highest BCUT2D eigenvalue weighted by Crippen LogP contribution is 2.37. The largest absolute Gasteiger partial charge is 0.491 e. The summed E-state index contributed by atoms with van der Waals surface area (Å²) < 4.78 is 5.43. The molecule has 6 heteroatoms. The molecule has 1 atom stereocenters. The van der Waals surface area contributed by atoms with Gasteiger partial charge in [-0.05, 0) is 31.7 Å². The molecule has 2 rings (SSSR count). The molecular formula is C15H19Cl2N3O. The van der Waals surface area contributed by atoms with E-state index >= 15 is 0 Å². The van der Waals surface area contributed by atoms with Crippen molar-refractivity contribution in [2.45, 2.75) is 13.0 Å². The SMILES string of the molecule is CCOc1c(Cl)cc(C(C#N)N2CCN(C)CC2)cc1Cl. The Hall–Kier alpha value is -0.990. The second-order valence-electron chi connectivity index (χ2n) is 5.12. The molecule has 1 heterocycles. The van der Waals surface area contributed by atoms with Crippen LogP contribution in [0.2, 0.25) is 10.0 Å². The number of hydrogen-bond acceptors (Lipinski definition) is 4. The third-order valence-electron chi connectivity index (χ3n) is 3.65. The smallest absolute Gasteiger partial charge is 0.156 e. The van der Waals surface area contributed by atoms with Crippen LogP contribution in [0.5, 0.6) is 5.75 Å². The van der Waals surface area contributed by atoms with Crippen LogP contribution in [0.3, 0.4) is 0 Å². The van der Waals surface area contributed by atoms with Crippen LogP contribution in [0.1, 0.15) is 18.5 Å². The summed E-state index contributed by atoms with van der Waals surface area (Å²) in [6.45, 7) is 6.00. The number of rotatable bonds is 4. The van der Waals surface area contributed by atoms with Gasteiger partial charge in [0.25, 0.3) is 0 Å². The van der Waals surface area contributed by atoms with Crippen molar-refractivity contribution < 1.29 is 4.74 Å². The van der Waals surface area contributed by atoms with Crippen molar-refractivity contribution in [2.75, 3.05) is 39.8 Å². The average molecular weight is 328 g/mol. The van der Waals surface area contributed by atoms with E-state index in [9.17, 15) is 5.26 Å². The molecule has 0 saturated carbocycles. The van der Waals surface area contributed by atoms with E-state index in [2.05, 4.69) is 22.9 Å². The number of hydrogen-bond donors (Lipinski definition) is 0. The Morgan fingerprint density at radius 3 is 2.29 bits per heavy atom. The van der Waals surface area contributed by atoms with Gasteiger partial charge in [0.2, 0.25) is 0 Å². The molecule has 1 fully saturated rings. The van der Waals surface area contributed by atoms with Crippen molar-refractivity contribution in [3.05, 3.63) is 27.7 Å². The van der Waals surface area contributed by atoms with Crippen molar-refractivity contribution in [3.8, 4) is 11.8 Å². The highest BCUT2D eigenvalue weighted by Gasteiger charge is 2.25. The van der Waals surface area contributed by atoms with E-state index in [4.69, 9.17) is 27.9 Å². The topological polar surface area (TPSA) is 39.5 Å². The zero-order valence-corrected chi connectivity index (χ0v) is 13.8. The first kappa shape index (κ1) is 16.4. The second kappa shape index (κ2) is 7.33. The van der Waals surface area contributed by atoms with E-state index in [1.165, 1.54) is 0 Å². The summed E-state index contributed by atoms with van der Waals surface area (Å²) in [7, 11) is 2.09. The Labute approximate surface area is 135 Å². The van der Waals surface area contributed by atoms with Crippen molar-refractivity contribution in [2.24, 2.45) is 0 Å². The van der Waals surface area contributed by atoms with Gasteiger partial charge in [0, 0.05) is 26.2 Å². The predicted octanol–water partition coefficient (Wildman–Crippen LogP) is 3.20. The average Bonchev–Trinajstić information content (AvgIpc) is 2.46. The fraction of sp³-hybridized carbons (Fsp3) is 0.533. The third kappa shape index (κ3) is 3.81. The van der Waals surface area contributed by atoms with Gasteiger partial charge < -0.3 is 9.64 Å². The lowest BCUT2D eigenvalue weighted by atomic mass is 10.1. The standard InChI is InChI=1S/C15H19Cl2N3O/c1-3-21-15-12(16)8-11(9-13(15)17)14(10-18)20-6-4-19(2)5-7-20/h8-9,14H,3-7H2,1-2H3. The number of benzene rings is 1. The fourth-order valence-corrected chi connectivity index (χ4v) is 3.08. The molecule has 0 radical (unpaired) electrons. The molecule has 114 valence electrons. The molecule has 0 N–H and O–H groups in total. The predicted molar refractivity (Wildman–Crippen MR) is 85.1 cm³/mol. The molecule has 1 aromatic rings. The number of piperazine rings is 1. The van der Waals surface area contributed by atoms with Gasteiger partial charge in [-0.25, -0.2) is 0 Å². The molecule has 0 aliphatic carbocycles. The van der Waals surface area contributed by atoms with Crippen LogP contribution in [0, 0.1) is 11.3 Å². The minimum Gasteiger partial charge on any atom is -0.491 e. The number of ether oxygens (including phenoxy) is 1. The second-order valence-corrected chi connectivity index (χ2v) is 5.93. The number of likely N-dealkylation sites (N-methyl/N-ethyl adjacent to an activating group) is 1. The van der Waals surface area contributed by atoms with Gasteiger partial charge >= 0.3 is 0 Å². The maximum atomic E-state index is 9.53. The van der Waals surface area contributed by atoms with E-state index in [0.29, 0.717) is 22.4 Å². The minimum absolute atomic E-state index is 0.329. The van der Waals surface area contributed by atoms with Gasteiger partial charge in [-0.15, -0.1) is 0 Å². The van der Waals surface area contributed by atoms with Gasteiger partial charge in [-0.1, -0.05) is 23.2 Å². The van der Waals surface area contributed by atoms with Crippen molar-refractivity contribution in [1.82, 2.24) is 9.80 Å². The molecule has 0 amide bonds. The van der Waals surface area contributed by atoms with E-state index < -0.39 is 0 Å². The van der Waals surface area contributed by atoms with Gasteiger partial charge in [0.05, 0.1) is 22.7 Å². The number of nitriles is 1. The van der Waals surface area contributed by atoms with Crippen LogP contribution >= 0.6 is 23.2 Å². The van der Waals surface area contributed by atoms with Crippen LogP contribution < -0.4 is 4.74 Å². The van der Waals surface area contributed by atoms with Crippen LogP contribution in [-0.4, -0.2) is 49.6 Å². The molecule has 1 unspecified atom stereocenters. The summed E-state index contributed by atoms with van der Waals surface area (Å²) in [4.78, 5) is 4.41. The first-order valence-electron chi connectivity index (χ1n) is 7.00. The lowest BCUT2D eigenvalue weighted by molar-refractivity contribution is 0.133. The van der Waals surface area contributed by atoms with Crippen LogP contribution in [0.15, 0.2) is 12.1 Å². The molecule has 1 aliphatic rings. The summed E-state index contributed by atoms with van der Waals surface area (Å²) in [5, 5.41) is 10.4. The molecule has 0 aromatic heterocycles. The van der Waals surface area contributed by atoms with E-state index in [0.717, 1.165) is 31.7 Å². The maximum absolute atomic E-state index is 9.53. The normalized spacial score (nSPS) is 18.2. The van der Waals surface area contributed by atoms with Gasteiger partial charge in [-0.2, -0.15) is 5.26 Å². The Bertz CT molecular complexity index is 513. The molecular weight excluding hydrogens is 309 g/mol. The molecule has 4 nitrogen and oxygen atoms in total. The van der Waals surface area contributed by atoms with Gasteiger partial charge in [-0.3, -0.25) is 4.90 Å². The van der Waals surface area contributed by atoms with E-state index in [-0.39, 0.29) is 6.04 Å². The zero-order valence-electron chi connectivity index (χ0n) is 12.3. The highest BCUT2D eigenvalue weighted by molar-refractivity contribution is 6.37. The molecule has 0 bridgehead atoms. The van der Waals surface area contributed by atoms with Crippen molar-refractivity contribution in [1.29, 1.82) is 5.26 Å².